The molecule has 2 rings (SSSR count). The molecule has 0 amide bonds. The SMILES string of the molecule is CC(NCCN1CCCCC1C)c1cccc(CO)c1. The van der Waals surface area contributed by atoms with Gasteiger partial charge in [0.1, 0.15) is 0 Å². The van der Waals surface area contributed by atoms with Gasteiger partial charge < -0.3 is 10.4 Å². The molecule has 2 atom stereocenters. The maximum Gasteiger partial charge on any atom is 0.0681 e. The van der Waals surface area contributed by atoms with Gasteiger partial charge in [-0.25, -0.2) is 0 Å². The Morgan fingerprint density at radius 3 is 3.00 bits per heavy atom. The van der Waals surface area contributed by atoms with Gasteiger partial charge in [-0.3, -0.25) is 4.90 Å². The average molecular weight is 276 g/mol. The predicted octanol–water partition coefficient (Wildman–Crippen LogP) is 2.70. The summed E-state index contributed by atoms with van der Waals surface area (Å²) in [5, 5.41) is 12.8. The first-order valence-electron chi connectivity index (χ1n) is 7.88. The van der Waals surface area contributed by atoms with Gasteiger partial charge in [0.15, 0.2) is 0 Å². The second-order valence-electron chi connectivity index (χ2n) is 5.96. The van der Waals surface area contributed by atoms with Crippen molar-refractivity contribution in [3.05, 3.63) is 35.4 Å². The van der Waals surface area contributed by atoms with Crippen LogP contribution in [0.4, 0.5) is 0 Å². The molecule has 1 aromatic rings. The van der Waals surface area contributed by atoms with Crippen molar-refractivity contribution in [2.24, 2.45) is 0 Å². The Labute approximate surface area is 123 Å². The first-order chi connectivity index (χ1) is 9.70. The Balaban J connectivity index is 1.78. The van der Waals surface area contributed by atoms with Crippen molar-refractivity contribution in [2.75, 3.05) is 19.6 Å². The van der Waals surface area contributed by atoms with E-state index in [1.807, 2.05) is 12.1 Å². The Hall–Kier alpha value is -0.900. The van der Waals surface area contributed by atoms with Crippen molar-refractivity contribution in [1.82, 2.24) is 10.2 Å². The van der Waals surface area contributed by atoms with Crippen LogP contribution in [-0.2, 0) is 6.61 Å². The smallest absolute Gasteiger partial charge is 0.0681 e. The lowest BCUT2D eigenvalue weighted by atomic mass is 10.0. The molecule has 0 aromatic heterocycles. The van der Waals surface area contributed by atoms with Crippen molar-refractivity contribution in [3.8, 4) is 0 Å². The monoisotopic (exact) mass is 276 g/mol. The van der Waals surface area contributed by atoms with E-state index in [1.165, 1.54) is 31.4 Å². The minimum absolute atomic E-state index is 0.117. The highest BCUT2D eigenvalue weighted by Crippen LogP contribution is 2.16. The second kappa shape index (κ2) is 7.77. The lowest BCUT2D eigenvalue weighted by molar-refractivity contribution is 0.160. The van der Waals surface area contributed by atoms with E-state index in [1.54, 1.807) is 0 Å². The standard InChI is InChI=1S/C17H28N2O/c1-14-6-3-4-10-19(14)11-9-18-15(2)17-8-5-7-16(12-17)13-20/h5,7-8,12,14-15,18,20H,3-4,6,9-11,13H2,1-2H3. The molecular formula is C17H28N2O. The van der Waals surface area contributed by atoms with Gasteiger partial charge in [-0.05, 0) is 44.4 Å². The zero-order valence-corrected chi connectivity index (χ0v) is 12.8. The molecule has 0 bridgehead atoms. The zero-order chi connectivity index (χ0) is 14.4. The number of benzene rings is 1. The lowest BCUT2D eigenvalue weighted by Crippen LogP contribution is -2.41. The molecule has 112 valence electrons. The van der Waals surface area contributed by atoms with E-state index in [0.29, 0.717) is 6.04 Å². The fraction of sp³-hybridized carbons (Fsp3) is 0.647. The van der Waals surface area contributed by atoms with Crippen LogP contribution >= 0.6 is 0 Å². The Kier molecular flexibility index (Phi) is 6.02. The van der Waals surface area contributed by atoms with E-state index in [9.17, 15) is 5.11 Å². The van der Waals surface area contributed by atoms with E-state index in [2.05, 4.69) is 36.2 Å². The molecule has 0 radical (unpaired) electrons. The largest absolute Gasteiger partial charge is 0.392 e. The number of hydrogen-bond acceptors (Lipinski definition) is 3. The number of aliphatic hydroxyl groups is 1. The lowest BCUT2D eigenvalue weighted by Gasteiger charge is -2.33. The van der Waals surface area contributed by atoms with Crippen molar-refractivity contribution in [3.63, 3.8) is 0 Å². The summed E-state index contributed by atoms with van der Waals surface area (Å²) in [5.74, 6) is 0. The van der Waals surface area contributed by atoms with Crippen LogP contribution in [0.1, 0.15) is 50.3 Å². The van der Waals surface area contributed by atoms with Crippen molar-refractivity contribution in [2.45, 2.75) is 51.8 Å². The molecule has 0 aliphatic carbocycles. The molecule has 3 nitrogen and oxygen atoms in total. The Bertz CT molecular complexity index is 408. The molecule has 1 fully saturated rings. The molecular weight excluding hydrogens is 248 g/mol. The molecule has 1 heterocycles. The van der Waals surface area contributed by atoms with Gasteiger partial charge in [0.25, 0.3) is 0 Å². The van der Waals surface area contributed by atoms with E-state index < -0.39 is 0 Å². The molecule has 2 unspecified atom stereocenters. The van der Waals surface area contributed by atoms with E-state index in [0.717, 1.165) is 24.7 Å². The number of rotatable bonds is 6. The zero-order valence-electron chi connectivity index (χ0n) is 12.8. The molecule has 1 aliphatic heterocycles. The predicted molar refractivity (Wildman–Crippen MR) is 83.7 cm³/mol. The first kappa shape index (κ1) is 15.5. The van der Waals surface area contributed by atoms with Gasteiger partial charge in [0.2, 0.25) is 0 Å². The van der Waals surface area contributed by atoms with Crippen molar-refractivity contribution in [1.29, 1.82) is 0 Å². The summed E-state index contributed by atoms with van der Waals surface area (Å²) in [7, 11) is 0. The van der Waals surface area contributed by atoms with Crippen molar-refractivity contribution >= 4 is 0 Å². The normalized spacial score (nSPS) is 21.9. The maximum atomic E-state index is 9.19. The number of hydrogen-bond donors (Lipinski definition) is 2. The van der Waals surface area contributed by atoms with Crippen molar-refractivity contribution < 1.29 is 5.11 Å². The van der Waals surface area contributed by atoms with Gasteiger partial charge in [-0.2, -0.15) is 0 Å². The number of nitrogens with one attached hydrogen (secondary N) is 1. The number of aliphatic hydroxyl groups excluding tert-OH is 1. The Morgan fingerprint density at radius 2 is 2.25 bits per heavy atom. The summed E-state index contributed by atoms with van der Waals surface area (Å²) in [6.07, 6.45) is 4.07. The highest BCUT2D eigenvalue weighted by atomic mass is 16.3. The van der Waals surface area contributed by atoms with Crippen LogP contribution in [0.2, 0.25) is 0 Å². The molecule has 1 aromatic carbocycles. The molecule has 0 saturated carbocycles. The third-order valence-corrected chi connectivity index (χ3v) is 4.42. The molecule has 1 saturated heterocycles. The third-order valence-electron chi connectivity index (χ3n) is 4.42. The van der Waals surface area contributed by atoms with E-state index in [4.69, 9.17) is 0 Å². The van der Waals surface area contributed by atoms with Gasteiger partial charge >= 0.3 is 0 Å². The number of likely N-dealkylation sites (tertiary alicyclic amines) is 1. The topological polar surface area (TPSA) is 35.5 Å². The van der Waals surface area contributed by atoms with E-state index >= 15 is 0 Å². The summed E-state index contributed by atoms with van der Waals surface area (Å²) in [6.45, 7) is 8.05. The number of piperidine rings is 1. The van der Waals surface area contributed by atoms with Gasteiger partial charge in [0.05, 0.1) is 6.61 Å². The third kappa shape index (κ3) is 4.30. The van der Waals surface area contributed by atoms with Crippen LogP contribution in [0.5, 0.6) is 0 Å². The quantitative estimate of drug-likeness (QED) is 0.838. The highest BCUT2D eigenvalue weighted by molar-refractivity contribution is 5.25. The first-order valence-corrected chi connectivity index (χ1v) is 7.88. The van der Waals surface area contributed by atoms with E-state index in [-0.39, 0.29) is 6.61 Å². The summed E-state index contributed by atoms with van der Waals surface area (Å²) < 4.78 is 0. The summed E-state index contributed by atoms with van der Waals surface area (Å²) in [4.78, 5) is 2.59. The fourth-order valence-corrected chi connectivity index (χ4v) is 2.99. The van der Waals surface area contributed by atoms with Crippen LogP contribution in [0.15, 0.2) is 24.3 Å². The van der Waals surface area contributed by atoms with Gasteiger partial charge in [0, 0.05) is 25.2 Å². The van der Waals surface area contributed by atoms with Crippen LogP contribution in [-0.4, -0.2) is 35.7 Å². The van der Waals surface area contributed by atoms with Gasteiger partial charge in [-0.1, -0.05) is 30.7 Å². The molecule has 1 aliphatic rings. The van der Waals surface area contributed by atoms with Crippen LogP contribution < -0.4 is 5.32 Å². The number of nitrogens with zero attached hydrogens (tertiary/aromatic N) is 1. The fourth-order valence-electron chi connectivity index (χ4n) is 2.99. The highest BCUT2D eigenvalue weighted by Gasteiger charge is 2.17. The minimum atomic E-state index is 0.117. The Morgan fingerprint density at radius 1 is 1.40 bits per heavy atom. The molecule has 2 N–H and O–H groups in total. The van der Waals surface area contributed by atoms with Gasteiger partial charge in [-0.15, -0.1) is 0 Å². The van der Waals surface area contributed by atoms with Crippen LogP contribution in [0.3, 0.4) is 0 Å². The summed E-state index contributed by atoms with van der Waals surface area (Å²) >= 11 is 0. The summed E-state index contributed by atoms with van der Waals surface area (Å²) in [6, 6.07) is 9.26. The minimum Gasteiger partial charge on any atom is -0.392 e. The molecule has 3 heteroatoms. The molecule has 20 heavy (non-hydrogen) atoms. The summed E-state index contributed by atoms with van der Waals surface area (Å²) in [5.41, 5.74) is 2.24. The average Bonchev–Trinajstić information content (AvgIpc) is 2.49. The van der Waals surface area contributed by atoms with Crippen LogP contribution in [0, 0.1) is 0 Å². The maximum absolute atomic E-state index is 9.19. The molecule has 0 spiro atoms. The van der Waals surface area contributed by atoms with Crippen LogP contribution in [0.25, 0.3) is 0 Å². The second-order valence-corrected chi connectivity index (χ2v) is 5.96.